The molecule has 0 N–H and O–H groups in total. The minimum Gasteiger partial charge on any atom is -0.0873 e. The molecular formula is C20H26Si. The van der Waals surface area contributed by atoms with E-state index in [4.69, 9.17) is 0 Å². The highest BCUT2D eigenvalue weighted by Crippen LogP contribution is 2.24. The van der Waals surface area contributed by atoms with Crippen LogP contribution in [0, 0.1) is 0 Å². The summed E-state index contributed by atoms with van der Waals surface area (Å²) in [6.07, 6.45) is 2.47. The number of allylic oxidation sites excluding steroid dienone is 2. The van der Waals surface area contributed by atoms with Gasteiger partial charge in [-0.25, -0.2) is 0 Å². The Bertz CT molecular complexity index is 582. The molecular weight excluding hydrogens is 268 g/mol. The maximum absolute atomic E-state index is 2.47. The molecule has 0 aliphatic rings. The van der Waals surface area contributed by atoms with Crippen LogP contribution in [0.4, 0.5) is 0 Å². The fraction of sp³-hybridized carbons (Fsp3) is 0.300. The SMILES string of the molecule is C/C(=C\C[Si](C)(C)c1ccccc1)C(C)c1ccccc1. The van der Waals surface area contributed by atoms with Crippen LogP contribution >= 0.6 is 0 Å². The molecule has 2 aromatic rings. The van der Waals surface area contributed by atoms with Gasteiger partial charge in [-0.3, -0.25) is 0 Å². The van der Waals surface area contributed by atoms with Gasteiger partial charge >= 0.3 is 0 Å². The molecule has 0 fully saturated rings. The minimum atomic E-state index is -1.37. The van der Waals surface area contributed by atoms with Gasteiger partial charge in [-0.05, 0) is 18.5 Å². The molecule has 0 radical (unpaired) electrons. The van der Waals surface area contributed by atoms with E-state index in [0.717, 1.165) is 0 Å². The van der Waals surface area contributed by atoms with Crippen molar-refractivity contribution < 1.29 is 0 Å². The number of hydrogen-bond acceptors (Lipinski definition) is 0. The summed E-state index contributed by atoms with van der Waals surface area (Å²) in [5.74, 6) is 0.506. The fourth-order valence-corrected chi connectivity index (χ4v) is 4.77. The Balaban J connectivity index is 2.10. The van der Waals surface area contributed by atoms with Gasteiger partial charge in [-0.2, -0.15) is 0 Å². The summed E-state index contributed by atoms with van der Waals surface area (Å²) in [5, 5.41) is 1.54. The Kier molecular flexibility index (Phi) is 5.19. The first-order chi connectivity index (χ1) is 10.0. The fourth-order valence-electron chi connectivity index (χ4n) is 2.60. The lowest BCUT2D eigenvalue weighted by Gasteiger charge is -2.22. The third-order valence-electron chi connectivity index (χ3n) is 4.47. The zero-order valence-electron chi connectivity index (χ0n) is 13.6. The monoisotopic (exact) mass is 294 g/mol. The quantitative estimate of drug-likeness (QED) is 0.515. The van der Waals surface area contributed by atoms with Gasteiger partial charge in [-0.1, -0.05) is 97.5 Å². The van der Waals surface area contributed by atoms with E-state index < -0.39 is 8.07 Å². The first kappa shape index (κ1) is 15.8. The molecule has 0 saturated carbocycles. The lowest BCUT2D eigenvalue weighted by atomic mass is 9.94. The Morgan fingerprint density at radius 3 is 2.05 bits per heavy atom. The van der Waals surface area contributed by atoms with Crippen LogP contribution in [0.3, 0.4) is 0 Å². The van der Waals surface area contributed by atoms with Gasteiger partial charge in [0, 0.05) is 5.92 Å². The molecule has 0 bridgehead atoms. The van der Waals surface area contributed by atoms with Gasteiger partial charge in [0.05, 0.1) is 8.07 Å². The highest BCUT2D eigenvalue weighted by Gasteiger charge is 2.21. The molecule has 0 amide bonds. The lowest BCUT2D eigenvalue weighted by Crippen LogP contribution is -2.40. The molecule has 2 aromatic carbocycles. The van der Waals surface area contributed by atoms with Crippen LogP contribution in [-0.2, 0) is 0 Å². The zero-order chi connectivity index (χ0) is 15.3. The molecule has 2 rings (SSSR count). The molecule has 0 aromatic heterocycles. The minimum absolute atomic E-state index is 0.506. The topological polar surface area (TPSA) is 0 Å². The summed E-state index contributed by atoms with van der Waals surface area (Å²) in [6.45, 7) is 9.49. The van der Waals surface area contributed by atoms with E-state index in [9.17, 15) is 0 Å². The Hall–Kier alpha value is -1.60. The van der Waals surface area contributed by atoms with E-state index >= 15 is 0 Å². The van der Waals surface area contributed by atoms with Gasteiger partial charge in [0.15, 0.2) is 0 Å². The predicted octanol–water partition coefficient (Wildman–Crippen LogP) is 5.35. The van der Waals surface area contributed by atoms with Gasteiger partial charge in [0.1, 0.15) is 0 Å². The van der Waals surface area contributed by atoms with Gasteiger partial charge < -0.3 is 0 Å². The molecule has 0 aliphatic heterocycles. The molecule has 1 unspecified atom stereocenters. The molecule has 0 aliphatic carbocycles. The molecule has 21 heavy (non-hydrogen) atoms. The van der Waals surface area contributed by atoms with Crippen molar-refractivity contribution in [3.05, 3.63) is 77.9 Å². The van der Waals surface area contributed by atoms with E-state index in [1.807, 2.05) is 0 Å². The van der Waals surface area contributed by atoms with Crippen molar-refractivity contribution in [2.24, 2.45) is 0 Å². The van der Waals surface area contributed by atoms with Crippen LogP contribution in [0.25, 0.3) is 0 Å². The van der Waals surface area contributed by atoms with Crippen LogP contribution in [0.1, 0.15) is 25.3 Å². The lowest BCUT2D eigenvalue weighted by molar-refractivity contribution is 0.890. The first-order valence-corrected chi connectivity index (χ1v) is 11.0. The molecule has 1 atom stereocenters. The van der Waals surface area contributed by atoms with E-state index in [2.05, 4.69) is 93.7 Å². The molecule has 0 heterocycles. The number of benzene rings is 2. The summed E-state index contributed by atoms with van der Waals surface area (Å²) in [6, 6.07) is 23.0. The van der Waals surface area contributed by atoms with Crippen molar-refractivity contribution in [2.45, 2.75) is 38.9 Å². The van der Waals surface area contributed by atoms with Crippen molar-refractivity contribution in [3.8, 4) is 0 Å². The highest BCUT2D eigenvalue weighted by atomic mass is 28.3. The second-order valence-corrected chi connectivity index (χ2v) is 11.3. The molecule has 1 heteroatoms. The van der Waals surface area contributed by atoms with Crippen molar-refractivity contribution in [3.63, 3.8) is 0 Å². The van der Waals surface area contributed by atoms with E-state index in [-0.39, 0.29) is 0 Å². The van der Waals surface area contributed by atoms with Crippen molar-refractivity contribution in [1.82, 2.24) is 0 Å². The summed E-state index contributed by atoms with van der Waals surface area (Å²) < 4.78 is 0. The maximum Gasteiger partial charge on any atom is 0.0843 e. The second-order valence-electron chi connectivity index (χ2n) is 6.53. The van der Waals surface area contributed by atoms with Crippen LogP contribution < -0.4 is 5.19 Å². The maximum atomic E-state index is 2.47. The van der Waals surface area contributed by atoms with Crippen molar-refractivity contribution in [2.75, 3.05) is 0 Å². The average molecular weight is 295 g/mol. The number of hydrogen-bond donors (Lipinski definition) is 0. The van der Waals surface area contributed by atoms with Gasteiger partial charge in [-0.15, -0.1) is 0 Å². The second kappa shape index (κ2) is 6.90. The van der Waals surface area contributed by atoms with Crippen molar-refractivity contribution in [1.29, 1.82) is 0 Å². The Labute approximate surface area is 130 Å². The zero-order valence-corrected chi connectivity index (χ0v) is 14.6. The third kappa shape index (κ3) is 4.18. The average Bonchev–Trinajstić information content (AvgIpc) is 2.53. The Morgan fingerprint density at radius 2 is 1.48 bits per heavy atom. The summed E-state index contributed by atoms with van der Waals surface area (Å²) in [4.78, 5) is 0. The highest BCUT2D eigenvalue weighted by molar-refractivity contribution is 6.90. The number of rotatable bonds is 5. The van der Waals surface area contributed by atoms with E-state index in [1.54, 1.807) is 5.19 Å². The van der Waals surface area contributed by atoms with Gasteiger partial charge in [0.2, 0.25) is 0 Å². The largest absolute Gasteiger partial charge is 0.0873 e. The van der Waals surface area contributed by atoms with E-state index in [0.29, 0.717) is 5.92 Å². The van der Waals surface area contributed by atoms with Crippen LogP contribution in [0.5, 0.6) is 0 Å². The summed E-state index contributed by atoms with van der Waals surface area (Å²) >= 11 is 0. The first-order valence-electron chi connectivity index (χ1n) is 7.78. The summed E-state index contributed by atoms with van der Waals surface area (Å²) in [5.41, 5.74) is 2.89. The van der Waals surface area contributed by atoms with Crippen molar-refractivity contribution >= 4 is 13.3 Å². The predicted molar refractivity (Wildman–Crippen MR) is 97.0 cm³/mol. The van der Waals surface area contributed by atoms with Gasteiger partial charge in [0.25, 0.3) is 0 Å². The van der Waals surface area contributed by atoms with Crippen LogP contribution in [0.2, 0.25) is 19.1 Å². The molecule has 0 saturated heterocycles. The van der Waals surface area contributed by atoms with E-state index in [1.165, 1.54) is 17.2 Å². The molecule has 0 nitrogen and oxygen atoms in total. The third-order valence-corrected chi connectivity index (χ3v) is 7.59. The molecule has 110 valence electrons. The summed E-state index contributed by atoms with van der Waals surface area (Å²) in [7, 11) is -1.37. The molecule has 0 spiro atoms. The smallest absolute Gasteiger partial charge is 0.0843 e. The normalized spacial score (nSPS) is 14.0. The Morgan fingerprint density at radius 1 is 0.952 bits per heavy atom. The standard InChI is InChI=1S/C20H26Si/c1-17(18(2)19-11-7-5-8-12-19)15-16-21(3,4)20-13-9-6-10-14-20/h5-15,18H,16H2,1-4H3/b17-15+. The van der Waals surface area contributed by atoms with Crippen LogP contribution in [0.15, 0.2) is 72.3 Å². The van der Waals surface area contributed by atoms with Crippen LogP contribution in [-0.4, -0.2) is 8.07 Å².